The summed E-state index contributed by atoms with van der Waals surface area (Å²) >= 11 is 0. The fourth-order valence-corrected chi connectivity index (χ4v) is 1.77. The van der Waals surface area contributed by atoms with Crippen LogP contribution >= 0.6 is 0 Å². The molecule has 0 aliphatic carbocycles. The first kappa shape index (κ1) is 12.1. The van der Waals surface area contributed by atoms with E-state index < -0.39 is 0 Å². The maximum atomic E-state index is 8.95. The summed E-state index contributed by atoms with van der Waals surface area (Å²) in [5.41, 5.74) is 2.56. The molecular formula is C15H15N3. The first-order chi connectivity index (χ1) is 8.70. The van der Waals surface area contributed by atoms with Crippen molar-refractivity contribution in [3.05, 3.63) is 59.3 Å². The lowest BCUT2D eigenvalue weighted by atomic mass is 10.1. The van der Waals surface area contributed by atoms with Crippen LogP contribution in [0.25, 0.3) is 0 Å². The number of hydrogen-bond donors (Lipinski definition) is 1. The zero-order valence-corrected chi connectivity index (χ0v) is 10.5. The SMILES string of the molecule is Cc1ccc(N[C@H](C)c2ccccc2)nc1C#N. The van der Waals surface area contributed by atoms with Crippen molar-refractivity contribution in [2.45, 2.75) is 19.9 Å². The smallest absolute Gasteiger partial charge is 0.145 e. The number of nitriles is 1. The molecule has 1 N–H and O–H groups in total. The summed E-state index contributed by atoms with van der Waals surface area (Å²) < 4.78 is 0. The number of nitrogens with one attached hydrogen (secondary N) is 1. The van der Waals surface area contributed by atoms with Crippen molar-refractivity contribution >= 4 is 5.82 Å². The topological polar surface area (TPSA) is 48.7 Å². The molecule has 0 unspecified atom stereocenters. The van der Waals surface area contributed by atoms with Gasteiger partial charge in [-0.2, -0.15) is 5.26 Å². The number of anilines is 1. The number of hydrogen-bond acceptors (Lipinski definition) is 3. The first-order valence-corrected chi connectivity index (χ1v) is 5.90. The zero-order chi connectivity index (χ0) is 13.0. The van der Waals surface area contributed by atoms with Crippen molar-refractivity contribution in [1.82, 2.24) is 4.98 Å². The highest BCUT2D eigenvalue weighted by molar-refractivity contribution is 5.44. The molecule has 3 nitrogen and oxygen atoms in total. The number of rotatable bonds is 3. The Bertz CT molecular complexity index is 570. The molecule has 3 heteroatoms. The molecule has 1 aromatic carbocycles. The minimum atomic E-state index is 0.160. The van der Waals surface area contributed by atoms with E-state index in [1.165, 1.54) is 5.56 Å². The lowest BCUT2D eigenvalue weighted by Gasteiger charge is -2.15. The molecule has 1 aromatic heterocycles. The molecule has 0 saturated carbocycles. The van der Waals surface area contributed by atoms with Crippen LogP contribution in [0.2, 0.25) is 0 Å². The first-order valence-electron chi connectivity index (χ1n) is 5.90. The average Bonchev–Trinajstić information content (AvgIpc) is 2.42. The molecule has 0 aliphatic rings. The van der Waals surface area contributed by atoms with Crippen molar-refractivity contribution < 1.29 is 0 Å². The van der Waals surface area contributed by atoms with Gasteiger partial charge in [-0.3, -0.25) is 0 Å². The number of benzene rings is 1. The van der Waals surface area contributed by atoms with Gasteiger partial charge in [0.2, 0.25) is 0 Å². The van der Waals surface area contributed by atoms with Gasteiger partial charge in [-0.1, -0.05) is 36.4 Å². The monoisotopic (exact) mass is 237 g/mol. The van der Waals surface area contributed by atoms with E-state index in [4.69, 9.17) is 5.26 Å². The van der Waals surface area contributed by atoms with E-state index >= 15 is 0 Å². The molecule has 0 radical (unpaired) electrons. The second-order valence-electron chi connectivity index (χ2n) is 4.25. The highest BCUT2D eigenvalue weighted by Crippen LogP contribution is 2.18. The second-order valence-corrected chi connectivity index (χ2v) is 4.25. The zero-order valence-electron chi connectivity index (χ0n) is 10.5. The largest absolute Gasteiger partial charge is 0.364 e. The van der Waals surface area contributed by atoms with E-state index in [1.54, 1.807) is 0 Å². The maximum Gasteiger partial charge on any atom is 0.145 e. The van der Waals surface area contributed by atoms with Crippen LogP contribution < -0.4 is 5.32 Å². The Morgan fingerprint density at radius 3 is 2.56 bits per heavy atom. The Hall–Kier alpha value is -2.34. The van der Waals surface area contributed by atoms with Gasteiger partial charge in [0.05, 0.1) is 0 Å². The molecule has 1 atom stereocenters. The predicted molar refractivity (Wildman–Crippen MR) is 72.2 cm³/mol. The number of nitrogens with zero attached hydrogens (tertiary/aromatic N) is 2. The van der Waals surface area contributed by atoms with Crippen LogP contribution in [0.3, 0.4) is 0 Å². The summed E-state index contributed by atoms with van der Waals surface area (Å²) in [7, 11) is 0. The summed E-state index contributed by atoms with van der Waals surface area (Å²) in [5.74, 6) is 0.730. The van der Waals surface area contributed by atoms with Crippen LogP contribution in [0.5, 0.6) is 0 Å². The van der Waals surface area contributed by atoms with Crippen molar-refractivity contribution in [3.8, 4) is 6.07 Å². The van der Waals surface area contributed by atoms with E-state index in [0.29, 0.717) is 5.69 Å². The normalized spacial score (nSPS) is 11.6. The summed E-state index contributed by atoms with van der Waals surface area (Å²) in [5, 5.41) is 12.3. The van der Waals surface area contributed by atoms with E-state index in [-0.39, 0.29) is 6.04 Å². The van der Waals surface area contributed by atoms with Gasteiger partial charge in [0, 0.05) is 6.04 Å². The summed E-state index contributed by atoms with van der Waals surface area (Å²) in [4.78, 5) is 4.28. The van der Waals surface area contributed by atoms with E-state index in [0.717, 1.165) is 11.4 Å². The third kappa shape index (κ3) is 2.67. The molecule has 2 rings (SSSR count). The molecule has 0 fully saturated rings. The molecule has 2 aromatic rings. The molecule has 0 amide bonds. The van der Waals surface area contributed by atoms with Gasteiger partial charge < -0.3 is 5.32 Å². The molecule has 1 heterocycles. The van der Waals surface area contributed by atoms with Crippen LogP contribution in [0.15, 0.2) is 42.5 Å². The number of aryl methyl sites for hydroxylation is 1. The minimum Gasteiger partial charge on any atom is -0.364 e. The van der Waals surface area contributed by atoms with Gasteiger partial charge in [0.15, 0.2) is 0 Å². The molecule has 90 valence electrons. The summed E-state index contributed by atoms with van der Waals surface area (Å²) in [6.07, 6.45) is 0. The molecule has 0 spiro atoms. The van der Waals surface area contributed by atoms with Crippen molar-refractivity contribution in [3.63, 3.8) is 0 Å². The van der Waals surface area contributed by atoms with Crippen LogP contribution in [0.1, 0.15) is 29.8 Å². The van der Waals surface area contributed by atoms with E-state index in [1.807, 2.05) is 37.3 Å². The van der Waals surface area contributed by atoms with Crippen LogP contribution in [-0.2, 0) is 0 Å². The van der Waals surface area contributed by atoms with Crippen molar-refractivity contribution in [2.24, 2.45) is 0 Å². The van der Waals surface area contributed by atoms with Gasteiger partial charge in [0.1, 0.15) is 17.6 Å². The second kappa shape index (κ2) is 5.33. The van der Waals surface area contributed by atoms with Crippen LogP contribution in [-0.4, -0.2) is 4.98 Å². The Balaban J connectivity index is 2.18. The van der Waals surface area contributed by atoms with Gasteiger partial charge in [-0.15, -0.1) is 0 Å². The van der Waals surface area contributed by atoms with Gasteiger partial charge in [0.25, 0.3) is 0 Å². The van der Waals surface area contributed by atoms with E-state index in [9.17, 15) is 0 Å². The molecule has 0 aliphatic heterocycles. The Labute approximate surface area is 107 Å². The van der Waals surface area contributed by atoms with Gasteiger partial charge in [-0.25, -0.2) is 4.98 Å². The Kier molecular flexibility index (Phi) is 3.59. The Morgan fingerprint density at radius 1 is 1.17 bits per heavy atom. The number of aromatic nitrogens is 1. The third-order valence-corrected chi connectivity index (χ3v) is 2.87. The maximum absolute atomic E-state index is 8.95. The summed E-state index contributed by atoms with van der Waals surface area (Å²) in [6, 6.07) is 16.2. The average molecular weight is 237 g/mol. The minimum absolute atomic E-state index is 0.160. The van der Waals surface area contributed by atoms with Crippen LogP contribution in [0, 0.1) is 18.3 Å². The summed E-state index contributed by atoms with van der Waals surface area (Å²) in [6.45, 7) is 3.96. The van der Waals surface area contributed by atoms with Gasteiger partial charge in [-0.05, 0) is 31.0 Å². The van der Waals surface area contributed by atoms with Crippen molar-refractivity contribution in [1.29, 1.82) is 5.26 Å². The standard InChI is InChI=1S/C15H15N3/c1-11-8-9-15(18-14(11)10-16)17-12(2)13-6-4-3-5-7-13/h3-9,12H,1-2H3,(H,17,18)/t12-/m1/s1. The Morgan fingerprint density at radius 2 is 1.89 bits per heavy atom. The lowest BCUT2D eigenvalue weighted by Crippen LogP contribution is -2.08. The fourth-order valence-electron chi connectivity index (χ4n) is 1.77. The molecule has 0 saturated heterocycles. The highest BCUT2D eigenvalue weighted by Gasteiger charge is 2.06. The highest BCUT2D eigenvalue weighted by atomic mass is 15.0. The van der Waals surface area contributed by atoms with Crippen LogP contribution in [0.4, 0.5) is 5.82 Å². The van der Waals surface area contributed by atoms with E-state index in [2.05, 4.69) is 35.4 Å². The third-order valence-electron chi connectivity index (χ3n) is 2.87. The molecular weight excluding hydrogens is 222 g/mol. The predicted octanol–water partition coefficient (Wildman–Crippen LogP) is 3.43. The molecule has 18 heavy (non-hydrogen) atoms. The molecule has 0 bridgehead atoms. The lowest BCUT2D eigenvalue weighted by molar-refractivity contribution is 0.873. The van der Waals surface area contributed by atoms with Gasteiger partial charge >= 0.3 is 0 Å². The number of pyridine rings is 1. The quantitative estimate of drug-likeness (QED) is 0.889. The van der Waals surface area contributed by atoms with Crippen molar-refractivity contribution in [2.75, 3.05) is 5.32 Å². The fraction of sp³-hybridized carbons (Fsp3) is 0.200.